The Labute approximate surface area is 88.7 Å². The van der Waals surface area contributed by atoms with Gasteiger partial charge in [-0.2, -0.15) is 16.9 Å². The summed E-state index contributed by atoms with van der Waals surface area (Å²) in [5.74, 6) is 2.74. The van der Waals surface area contributed by atoms with Gasteiger partial charge in [0.25, 0.3) is 0 Å². The minimum absolute atomic E-state index is 0.235. The highest BCUT2D eigenvalue weighted by Gasteiger charge is 2.10. The van der Waals surface area contributed by atoms with E-state index in [1.807, 2.05) is 25.7 Å². The van der Waals surface area contributed by atoms with Crippen LogP contribution in [-0.2, 0) is 12.8 Å². The number of nitrogens with zero attached hydrogens (tertiary/aromatic N) is 2. The zero-order valence-electron chi connectivity index (χ0n) is 8.87. The number of hydrogen-bond donors (Lipinski definition) is 2. The predicted octanol–water partition coefficient (Wildman–Crippen LogP) is 0.996. The van der Waals surface area contributed by atoms with Crippen LogP contribution in [0.2, 0.25) is 0 Å². The van der Waals surface area contributed by atoms with Gasteiger partial charge in [0.2, 0.25) is 0 Å². The molecule has 0 unspecified atom stereocenters. The van der Waals surface area contributed by atoms with Crippen LogP contribution in [0.4, 0.5) is 5.82 Å². The van der Waals surface area contributed by atoms with E-state index in [9.17, 15) is 0 Å². The number of rotatable bonds is 5. The van der Waals surface area contributed by atoms with Gasteiger partial charge in [-0.05, 0) is 6.92 Å². The van der Waals surface area contributed by atoms with Crippen LogP contribution in [0.3, 0.4) is 0 Å². The molecule has 0 aromatic carbocycles. The van der Waals surface area contributed by atoms with Crippen LogP contribution >= 0.6 is 11.8 Å². The number of nitrogens with one attached hydrogen (secondary N) is 1. The number of anilines is 1. The lowest BCUT2D eigenvalue weighted by molar-refractivity contribution is 0.322. The van der Waals surface area contributed by atoms with E-state index in [4.69, 9.17) is 5.11 Å². The topological polar surface area (TPSA) is 50.1 Å². The number of aliphatic hydroxyl groups is 1. The molecule has 0 saturated heterocycles. The van der Waals surface area contributed by atoms with Crippen LogP contribution in [0.5, 0.6) is 0 Å². The van der Waals surface area contributed by atoms with Crippen LogP contribution in [0.1, 0.15) is 11.3 Å². The van der Waals surface area contributed by atoms with Crippen LogP contribution < -0.4 is 5.32 Å². The van der Waals surface area contributed by atoms with Gasteiger partial charge in [0.05, 0.1) is 12.3 Å². The van der Waals surface area contributed by atoms with Gasteiger partial charge >= 0.3 is 0 Å². The Hall–Kier alpha value is -0.680. The summed E-state index contributed by atoms with van der Waals surface area (Å²) in [4.78, 5) is 0. The van der Waals surface area contributed by atoms with E-state index in [-0.39, 0.29) is 6.61 Å². The highest BCUT2D eigenvalue weighted by Crippen LogP contribution is 2.23. The summed E-state index contributed by atoms with van der Waals surface area (Å²) in [7, 11) is 3.83. The zero-order chi connectivity index (χ0) is 10.6. The molecule has 14 heavy (non-hydrogen) atoms. The highest BCUT2D eigenvalue weighted by atomic mass is 32.2. The average Bonchev–Trinajstić information content (AvgIpc) is 2.42. The van der Waals surface area contributed by atoms with Crippen molar-refractivity contribution in [1.82, 2.24) is 9.78 Å². The molecule has 1 heterocycles. The summed E-state index contributed by atoms with van der Waals surface area (Å²) in [6.45, 7) is 2.24. The molecule has 1 aromatic heterocycles. The molecule has 0 aliphatic rings. The van der Waals surface area contributed by atoms with Crippen LogP contribution in [-0.4, -0.2) is 34.3 Å². The molecule has 0 atom stereocenters. The molecule has 80 valence electrons. The van der Waals surface area contributed by atoms with Crippen molar-refractivity contribution >= 4 is 17.6 Å². The lowest BCUT2D eigenvalue weighted by Crippen LogP contribution is -2.00. The third kappa shape index (κ3) is 2.42. The second-order valence-corrected chi connectivity index (χ2v) is 4.17. The molecule has 0 spiro atoms. The van der Waals surface area contributed by atoms with E-state index in [0.717, 1.165) is 23.0 Å². The monoisotopic (exact) mass is 215 g/mol. The van der Waals surface area contributed by atoms with E-state index in [1.54, 1.807) is 11.8 Å². The number of aliphatic hydroxyl groups excluding tert-OH is 1. The highest BCUT2D eigenvalue weighted by molar-refractivity contribution is 7.98. The largest absolute Gasteiger partial charge is 0.396 e. The first-order valence-corrected chi connectivity index (χ1v) is 5.75. The minimum Gasteiger partial charge on any atom is -0.396 e. The van der Waals surface area contributed by atoms with E-state index in [0.29, 0.717) is 0 Å². The molecule has 0 aliphatic heterocycles. The van der Waals surface area contributed by atoms with Crippen molar-refractivity contribution in [2.45, 2.75) is 12.7 Å². The van der Waals surface area contributed by atoms with Gasteiger partial charge in [-0.1, -0.05) is 0 Å². The van der Waals surface area contributed by atoms with Gasteiger partial charge < -0.3 is 10.4 Å². The molecule has 5 heteroatoms. The summed E-state index contributed by atoms with van der Waals surface area (Å²) < 4.78 is 1.85. The van der Waals surface area contributed by atoms with Gasteiger partial charge in [0.15, 0.2) is 0 Å². The predicted molar refractivity (Wildman–Crippen MR) is 60.7 cm³/mol. The molecule has 0 fully saturated rings. The molecular formula is C9H17N3OS. The summed E-state index contributed by atoms with van der Waals surface area (Å²) in [6.07, 6.45) is 0. The molecule has 4 nitrogen and oxygen atoms in total. The lowest BCUT2D eigenvalue weighted by atomic mass is 10.3. The molecule has 2 N–H and O–H groups in total. The minimum atomic E-state index is 0.235. The molecule has 0 amide bonds. The van der Waals surface area contributed by atoms with E-state index < -0.39 is 0 Å². The zero-order valence-corrected chi connectivity index (χ0v) is 9.69. The van der Waals surface area contributed by atoms with Crippen molar-refractivity contribution < 1.29 is 5.11 Å². The van der Waals surface area contributed by atoms with Crippen molar-refractivity contribution in [3.8, 4) is 0 Å². The molecular weight excluding hydrogens is 198 g/mol. The van der Waals surface area contributed by atoms with Crippen molar-refractivity contribution in [3.05, 3.63) is 11.3 Å². The van der Waals surface area contributed by atoms with E-state index >= 15 is 0 Å². The van der Waals surface area contributed by atoms with E-state index in [1.165, 1.54) is 5.56 Å². The third-order valence-corrected chi connectivity index (χ3v) is 3.03. The Morgan fingerprint density at radius 1 is 1.57 bits per heavy atom. The van der Waals surface area contributed by atoms with Gasteiger partial charge in [0.1, 0.15) is 5.82 Å². The SMILES string of the molecule is CNc1c(CSCCO)c(C)nn1C. The summed E-state index contributed by atoms with van der Waals surface area (Å²) >= 11 is 1.72. The Morgan fingerprint density at radius 3 is 2.86 bits per heavy atom. The fourth-order valence-electron chi connectivity index (χ4n) is 1.43. The molecule has 1 aromatic rings. The fraction of sp³-hybridized carbons (Fsp3) is 0.667. The fourth-order valence-corrected chi connectivity index (χ4v) is 2.25. The average molecular weight is 215 g/mol. The number of thioether (sulfide) groups is 1. The van der Waals surface area contributed by atoms with Crippen molar-refractivity contribution in [2.24, 2.45) is 7.05 Å². The Balaban J connectivity index is 2.73. The van der Waals surface area contributed by atoms with Crippen molar-refractivity contribution in [1.29, 1.82) is 0 Å². The Morgan fingerprint density at radius 2 is 2.29 bits per heavy atom. The third-order valence-electron chi connectivity index (χ3n) is 2.07. The van der Waals surface area contributed by atoms with Crippen LogP contribution in [0.15, 0.2) is 0 Å². The van der Waals surface area contributed by atoms with Crippen LogP contribution in [0, 0.1) is 6.92 Å². The Kier molecular flexibility index (Phi) is 4.28. The van der Waals surface area contributed by atoms with Gasteiger partial charge in [-0.25, -0.2) is 0 Å². The maximum Gasteiger partial charge on any atom is 0.128 e. The van der Waals surface area contributed by atoms with Gasteiger partial charge in [0, 0.05) is 31.2 Å². The molecule has 1 rings (SSSR count). The number of hydrogen-bond acceptors (Lipinski definition) is 4. The van der Waals surface area contributed by atoms with Gasteiger partial charge in [-0.3, -0.25) is 4.68 Å². The summed E-state index contributed by atoms with van der Waals surface area (Å²) in [5.41, 5.74) is 2.29. The molecule has 0 radical (unpaired) electrons. The second kappa shape index (κ2) is 5.26. The Bertz CT molecular complexity index is 298. The normalized spacial score (nSPS) is 10.6. The second-order valence-electron chi connectivity index (χ2n) is 3.06. The smallest absolute Gasteiger partial charge is 0.128 e. The molecule has 0 bridgehead atoms. The first-order chi connectivity index (χ1) is 6.70. The van der Waals surface area contributed by atoms with Crippen molar-refractivity contribution in [3.63, 3.8) is 0 Å². The first-order valence-electron chi connectivity index (χ1n) is 4.59. The standard InChI is InChI=1S/C9H17N3OS/c1-7-8(6-14-5-4-13)9(10-2)12(3)11-7/h10,13H,4-6H2,1-3H3. The van der Waals surface area contributed by atoms with Gasteiger partial charge in [-0.15, -0.1) is 0 Å². The summed E-state index contributed by atoms with van der Waals surface area (Å²) in [6, 6.07) is 0. The maximum absolute atomic E-state index is 8.69. The summed E-state index contributed by atoms with van der Waals surface area (Å²) in [5, 5.41) is 16.2. The molecule has 0 aliphatic carbocycles. The number of aryl methyl sites for hydroxylation is 2. The molecule has 0 saturated carbocycles. The quantitative estimate of drug-likeness (QED) is 0.719. The maximum atomic E-state index is 8.69. The first kappa shape index (κ1) is 11.4. The van der Waals surface area contributed by atoms with Crippen LogP contribution in [0.25, 0.3) is 0 Å². The lowest BCUT2D eigenvalue weighted by Gasteiger charge is -2.04. The number of aromatic nitrogens is 2. The van der Waals surface area contributed by atoms with E-state index in [2.05, 4.69) is 10.4 Å². The van der Waals surface area contributed by atoms with Crippen molar-refractivity contribution in [2.75, 3.05) is 24.7 Å².